The summed E-state index contributed by atoms with van der Waals surface area (Å²) in [6, 6.07) is 59.6. The molecule has 44 heavy (non-hydrogen) atoms. The zero-order valence-corrected chi connectivity index (χ0v) is 24.8. The molecule has 0 spiro atoms. The van der Waals surface area contributed by atoms with Gasteiger partial charge in [-0.2, -0.15) is 0 Å². The highest BCUT2D eigenvalue weighted by Crippen LogP contribution is 2.40. The second kappa shape index (κ2) is 10.1. The number of hydrogen-bond acceptors (Lipinski definition) is 1. The summed E-state index contributed by atoms with van der Waals surface area (Å²) in [7, 11) is 0. The van der Waals surface area contributed by atoms with Gasteiger partial charge in [0.05, 0.1) is 11.0 Å². The van der Waals surface area contributed by atoms with Gasteiger partial charge in [-0.3, -0.25) is 0 Å². The lowest BCUT2D eigenvalue weighted by atomic mass is 9.96. The molecule has 7 aromatic carbocycles. The van der Waals surface area contributed by atoms with Crippen molar-refractivity contribution in [3.8, 4) is 39.1 Å². The summed E-state index contributed by atoms with van der Waals surface area (Å²) in [6.45, 7) is 0. The number of rotatable bonds is 4. The Morgan fingerprint density at radius 3 is 1.39 bits per heavy atom. The summed E-state index contributed by atoms with van der Waals surface area (Å²) in [6.07, 6.45) is 0. The van der Waals surface area contributed by atoms with E-state index in [2.05, 4.69) is 168 Å². The van der Waals surface area contributed by atoms with Crippen molar-refractivity contribution < 1.29 is 0 Å². The van der Waals surface area contributed by atoms with Gasteiger partial charge in [0.1, 0.15) is 0 Å². The molecule has 0 fully saturated rings. The van der Waals surface area contributed by atoms with Gasteiger partial charge in [-0.05, 0) is 69.8 Å². The van der Waals surface area contributed by atoms with Gasteiger partial charge in [-0.15, -0.1) is 11.3 Å². The molecule has 2 aromatic heterocycles. The van der Waals surface area contributed by atoms with Gasteiger partial charge in [-0.1, -0.05) is 127 Å². The molecule has 206 valence electrons. The SMILES string of the molecule is c1ccc2c(c1)sc1cccc(-c3ccc(-c4ccc(-c5ccc(-n6c7ccccc7c7ccccc76)cc5)cc4)cc3)c12. The molecule has 2 heteroatoms. The van der Waals surface area contributed by atoms with E-state index < -0.39 is 0 Å². The third-order valence-corrected chi connectivity index (χ3v) is 9.99. The third-order valence-electron chi connectivity index (χ3n) is 8.86. The molecule has 1 nitrogen and oxygen atoms in total. The molecule has 0 bridgehead atoms. The first-order valence-corrected chi connectivity index (χ1v) is 15.8. The number of benzene rings is 7. The minimum atomic E-state index is 1.18. The van der Waals surface area contributed by atoms with Crippen molar-refractivity contribution in [1.29, 1.82) is 0 Å². The number of hydrogen-bond donors (Lipinski definition) is 0. The predicted molar refractivity (Wildman–Crippen MR) is 190 cm³/mol. The van der Waals surface area contributed by atoms with Gasteiger partial charge in [0.15, 0.2) is 0 Å². The predicted octanol–water partition coefficient (Wildman–Crippen LogP) is 12.2. The van der Waals surface area contributed by atoms with Crippen LogP contribution in [-0.2, 0) is 0 Å². The first-order valence-electron chi connectivity index (χ1n) is 15.0. The van der Waals surface area contributed by atoms with Crippen LogP contribution in [0.1, 0.15) is 0 Å². The minimum Gasteiger partial charge on any atom is -0.309 e. The molecule has 0 N–H and O–H groups in total. The zero-order valence-electron chi connectivity index (χ0n) is 23.9. The second-order valence-corrected chi connectivity index (χ2v) is 12.4. The molecular formula is C42H27NS. The lowest BCUT2D eigenvalue weighted by molar-refractivity contribution is 1.18. The quantitative estimate of drug-likeness (QED) is 0.196. The Morgan fingerprint density at radius 1 is 0.341 bits per heavy atom. The van der Waals surface area contributed by atoms with E-state index in [4.69, 9.17) is 0 Å². The van der Waals surface area contributed by atoms with E-state index in [-0.39, 0.29) is 0 Å². The lowest BCUT2D eigenvalue weighted by Crippen LogP contribution is -1.93. The van der Waals surface area contributed by atoms with E-state index in [1.165, 1.54) is 81.0 Å². The van der Waals surface area contributed by atoms with Gasteiger partial charge >= 0.3 is 0 Å². The van der Waals surface area contributed by atoms with E-state index in [1.807, 2.05) is 11.3 Å². The van der Waals surface area contributed by atoms with E-state index >= 15 is 0 Å². The molecule has 9 aromatic rings. The van der Waals surface area contributed by atoms with Crippen molar-refractivity contribution in [1.82, 2.24) is 4.57 Å². The molecule has 0 radical (unpaired) electrons. The van der Waals surface area contributed by atoms with Gasteiger partial charge in [0, 0.05) is 36.6 Å². The van der Waals surface area contributed by atoms with Crippen LogP contribution >= 0.6 is 11.3 Å². The molecule has 0 aliphatic rings. The van der Waals surface area contributed by atoms with Crippen LogP contribution in [0.25, 0.3) is 81.0 Å². The average Bonchev–Trinajstić information content (AvgIpc) is 3.65. The van der Waals surface area contributed by atoms with Crippen molar-refractivity contribution >= 4 is 53.3 Å². The van der Waals surface area contributed by atoms with Crippen LogP contribution in [0.5, 0.6) is 0 Å². The Morgan fingerprint density at radius 2 is 0.795 bits per heavy atom. The fourth-order valence-corrected chi connectivity index (χ4v) is 7.85. The third kappa shape index (κ3) is 4.00. The molecule has 0 aliphatic carbocycles. The summed E-state index contributed by atoms with van der Waals surface area (Å²) < 4.78 is 5.04. The average molecular weight is 578 g/mol. The van der Waals surface area contributed by atoms with Crippen LogP contribution in [0, 0.1) is 0 Å². The van der Waals surface area contributed by atoms with Crippen LogP contribution in [0.3, 0.4) is 0 Å². The van der Waals surface area contributed by atoms with Crippen LogP contribution in [0.4, 0.5) is 0 Å². The van der Waals surface area contributed by atoms with Crippen molar-refractivity contribution in [3.63, 3.8) is 0 Å². The first kappa shape index (κ1) is 25.1. The minimum absolute atomic E-state index is 1.18. The van der Waals surface area contributed by atoms with Crippen LogP contribution in [-0.4, -0.2) is 4.57 Å². The highest BCUT2D eigenvalue weighted by atomic mass is 32.1. The summed E-state index contributed by atoms with van der Waals surface area (Å²) in [4.78, 5) is 0. The van der Waals surface area contributed by atoms with E-state index in [0.717, 1.165) is 0 Å². The molecule has 0 aliphatic heterocycles. The maximum absolute atomic E-state index is 2.36. The van der Waals surface area contributed by atoms with Crippen LogP contribution in [0.15, 0.2) is 164 Å². The number of para-hydroxylation sites is 2. The topological polar surface area (TPSA) is 4.93 Å². The molecule has 0 atom stereocenters. The Kier molecular flexibility index (Phi) is 5.75. The fourth-order valence-electron chi connectivity index (χ4n) is 6.72. The Labute approximate surface area is 259 Å². The first-order chi connectivity index (χ1) is 21.8. The van der Waals surface area contributed by atoms with Gasteiger partial charge in [0.25, 0.3) is 0 Å². The van der Waals surface area contributed by atoms with Crippen molar-refractivity contribution in [3.05, 3.63) is 164 Å². The number of nitrogens with zero attached hydrogens (tertiary/aromatic N) is 1. The molecule has 0 amide bonds. The smallest absolute Gasteiger partial charge is 0.0541 e. The highest BCUT2D eigenvalue weighted by molar-refractivity contribution is 7.25. The summed E-state index contributed by atoms with van der Waals surface area (Å²) >= 11 is 1.87. The van der Waals surface area contributed by atoms with E-state index in [0.29, 0.717) is 0 Å². The highest BCUT2D eigenvalue weighted by Gasteiger charge is 2.13. The van der Waals surface area contributed by atoms with Gasteiger partial charge in [-0.25, -0.2) is 0 Å². The molecule has 9 rings (SSSR count). The summed E-state index contributed by atoms with van der Waals surface area (Å²) in [5.74, 6) is 0. The summed E-state index contributed by atoms with van der Waals surface area (Å²) in [5.41, 5.74) is 11.1. The molecule has 0 unspecified atom stereocenters. The second-order valence-electron chi connectivity index (χ2n) is 11.3. The fraction of sp³-hybridized carbons (Fsp3) is 0. The van der Waals surface area contributed by atoms with Crippen LogP contribution in [0.2, 0.25) is 0 Å². The number of fused-ring (bicyclic) bond motifs is 6. The standard InChI is InChI=1S/C42H27NS/c1-4-12-38-35(8-1)36-9-2-5-13-39(36)43(38)33-26-24-31(25-27-33)29-18-16-28(17-19-29)30-20-22-32(23-21-30)34-11-7-15-41-42(34)37-10-3-6-14-40(37)44-41/h1-27H. The van der Waals surface area contributed by atoms with Crippen molar-refractivity contribution in [2.75, 3.05) is 0 Å². The Hall–Kier alpha value is -5.44. The number of thiophene rings is 1. The molecule has 2 heterocycles. The Bertz CT molecular complexity index is 2410. The summed E-state index contributed by atoms with van der Waals surface area (Å²) in [5, 5.41) is 5.26. The van der Waals surface area contributed by atoms with Gasteiger partial charge < -0.3 is 4.57 Å². The van der Waals surface area contributed by atoms with Crippen molar-refractivity contribution in [2.45, 2.75) is 0 Å². The number of aromatic nitrogens is 1. The van der Waals surface area contributed by atoms with Crippen molar-refractivity contribution in [2.24, 2.45) is 0 Å². The van der Waals surface area contributed by atoms with E-state index in [9.17, 15) is 0 Å². The Balaban J connectivity index is 1.01. The monoisotopic (exact) mass is 577 g/mol. The van der Waals surface area contributed by atoms with Crippen LogP contribution < -0.4 is 0 Å². The molecule has 0 saturated carbocycles. The lowest BCUT2D eigenvalue weighted by Gasteiger charge is -2.10. The largest absolute Gasteiger partial charge is 0.309 e. The van der Waals surface area contributed by atoms with E-state index in [1.54, 1.807) is 0 Å². The zero-order chi connectivity index (χ0) is 29.0. The van der Waals surface area contributed by atoms with Gasteiger partial charge in [0.2, 0.25) is 0 Å². The molecular weight excluding hydrogens is 551 g/mol. The normalized spacial score (nSPS) is 11.6. The maximum Gasteiger partial charge on any atom is 0.0541 e. The maximum atomic E-state index is 2.36. The molecule has 0 saturated heterocycles.